The van der Waals surface area contributed by atoms with Crippen LogP contribution in [0.3, 0.4) is 0 Å². The molecule has 1 rings (SSSR count). The summed E-state index contributed by atoms with van der Waals surface area (Å²) >= 11 is 0. The Kier molecular flexibility index (Phi) is 2.62. The molecule has 4 nitrogen and oxygen atoms in total. The zero-order chi connectivity index (χ0) is 8.97. The van der Waals surface area contributed by atoms with Gasteiger partial charge in [-0.25, -0.2) is 4.68 Å². The van der Waals surface area contributed by atoms with Crippen LogP contribution in [0.2, 0.25) is 0 Å². The number of aliphatic hydroxyl groups excluding tert-OH is 1. The van der Waals surface area contributed by atoms with Gasteiger partial charge in [-0.3, -0.25) is 0 Å². The van der Waals surface area contributed by atoms with Gasteiger partial charge in [0.15, 0.2) is 0 Å². The summed E-state index contributed by atoms with van der Waals surface area (Å²) in [6, 6.07) is 1.88. The lowest BCUT2D eigenvalue weighted by Crippen LogP contribution is -1.93. The Bertz CT molecular complexity index is 310. The van der Waals surface area contributed by atoms with Crippen LogP contribution < -0.4 is 0 Å². The highest BCUT2D eigenvalue weighted by molar-refractivity contribution is 5.19. The van der Waals surface area contributed by atoms with Crippen molar-refractivity contribution in [1.82, 2.24) is 9.78 Å². The minimum atomic E-state index is -0.747. The Labute approximate surface area is 70.4 Å². The summed E-state index contributed by atoms with van der Waals surface area (Å²) in [6.07, 6.45) is 4.01. The smallest absolute Gasteiger partial charge is 0.0950 e. The summed E-state index contributed by atoms with van der Waals surface area (Å²) in [4.78, 5) is 0. The number of hydrogen-bond acceptors (Lipinski definition) is 3. The van der Waals surface area contributed by atoms with Crippen LogP contribution in [0, 0.1) is 11.3 Å². The van der Waals surface area contributed by atoms with Crippen LogP contribution in [0.5, 0.6) is 0 Å². The lowest BCUT2D eigenvalue weighted by atomic mass is 10.1. The largest absolute Gasteiger partial charge is 0.387 e. The first-order valence-electron chi connectivity index (χ1n) is 3.49. The fourth-order valence-corrected chi connectivity index (χ4v) is 0.829. The Balaban J connectivity index is 2.75. The SMILES string of the molecule is C=Cn1cc(C(O)CC#N)cn1. The molecule has 1 aromatic heterocycles. The van der Waals surface area contributed by atoms with Gasteiger partial charge >= 0.3 is 0 Å². The molecular weight excluding hydrogens is 154 g/mol. The van der Waals surface area contributed by atoms with Crippen molar-refractivity contribution in [3.05, 3.63) is 24.5 Å². The normalized spacial score (nSPS) is 12.0. The molecule has 0 saturated carbocycles. The molecule has 0 bridgehead atoms. The molecular formula is C8H9N3O. The van der Waals surface area contributed by atoms with Gasteiger partial charge < -0.3 is 5.11 Å². The van der Waals surface area contributed by atoms with Crippen molar-refractivity contribution in [1.29, 1.82) is 5.26 Å². The maximum Gasteiger partial charge on any atom is 0.0950 e. The molecule has 0 aliphatic heterocycles. The summed E-state index contributed by atoms with van der Waals surface area (Å²) in [7, 11) is 0. The van der Waals surface area contributed by atoms with E-state index in [0.717, 1.165) is 0 Å². The molecule has 62 valence electrons. The molecule has 4 heteroatoms. The third-order valence-corrected chi connectivity index (χ3v) is 1.48. The molecule has 0 aliphatic carbocycles. The van der Waals surface area contributed by atoms with Gasteiger partial charge in [0.05, 0.1) is 24.8 Å². The standard InChI is InChI=1S/C8H9N3O/c1-2-11-6-7(5-10-11)8(12)3-4-9/h2,5-6,8,12H,1,3H2. The van der Waals surface area contributed by atoms with E-state index in [1.165, 1.54) is 17.1 Å². The molecule has 0 aliphatic rings. The van der Waals surface area contributed by atoms with Gasteiger partial charge in [-0.2, -0.15) is 10.4 Å². The van der Waals surface area contributed by atoms with Crippen LogP contribution in [-0.4, -0.2) is 14.9 Å². The molecule has 0 amide bonds. The average Bonchev–Trinajstić information content (AvgIpc) is 2.52. The lowest BCUT2D eigenvalue weighted by molar-refractivity contribution is 0.183. The Hall–Kier alpha value is -1.60. The Morgan fingerprint density at radius 2 is 2.67 bits per heavy atom. The zero-order valence-corrected chi connectivity index (χ0v) is 6.51. The van der Waals surface area contributed by atoms with Crippen molar-refractivity contribution in [3.8, 4) is 6.07 Å². The number of aliphatic hydroxyl groups is 1. The van der Waals surface area contributed by atoms with E-state index in [9.17, 15) is 5.11 Å². The van der Waals surface area contributed by atoms with Crippen LogP contribution in [0.25, 0.3) is 6.20 Å². The summed E-state index contributed by atoms with van der Waals surface area (Å²) in [5.41, 5.74) is 0.636. The first kappa shape index (κ1) is 8.50. The molecule has 1 N–H and O–H groups in total. The highest BCUT2D eigenvalue weighted by Crippen LogP contribution is 2.14. The maximum absolute atomic E-state index is 9.32. The predicted molar refractivity (Wildman–Crippen MR) is 43.8 cm³/mol. The molecule has 0 aromatic carbocycles. The van der Waals surface area contributed by atoms with Crippen molar-refractivity contribution in [2.45, 2.75) is 12.5 Å². The minimum absolute atomic E-state index is 0.0861. The van der Waals surface area contributed by atoms with Gasteiger partial charge in [-0.15, -0.1) is 0 Å². The lowest BCUT2D eigenvalue weighted by Gasteiger charge is -1.99. The van der Waals surface area contributed by atoms with Gasteiger partial charge in [-0.1, -0.05) is 6.58 Å². The molecule has 0 radical (unpaired) electrons. The van der Waals surface area contributed by atoms with Crippen molar-refractivity contribution in [2.75, 3.05) is 0 Å². The molecule has 12 heavy (non-hydrogen) atoms. The zero-order valence-electron chi connectivity index (χ0n) is 6.51. The van der Waals surface area contributed by atoms with Gasteiger partial charge in [0.25, 0.3) is 0 Å². The molecule has 1 aromatic rings. The summed E-state index contributed by atoms with van der Waals surface area (Å²) in [5.74, 6) is 0. The predicted octanol–water partition coefficient (Wildman–Crippen LogP) is 0.931. The highest BCUT2D eigenvalue weighted by Gasteiger charge is 2.07. The van der Waals surface area contributed by atoms with E-state index < -0.39 is 6.10 Å². The fraction of sp³-hybridized carbons (Fsp3) is 0.250. The van der Waals surface area contributed by atoms with E-state index in [-0.39, 0.29) is 6.42 Å². The van der Waals surface area contributed by atoms with E-state index in [4.69, 9.17) is 5.26 Å². The number of rotatable bonds is 3. The van der Waals surface area contributed by atoms with E-state index in [0.29, 0.717) is 5.56 Å². The summed E-state index contributed by atoms with van der Waals surface area (Å²) in [5, 5.41) is 21.5. The topological polar surface area (TPSA) is 61.8 Å². The van der Waals surface area contributed by atoms with E-state index in [1.54, 1.807) is 6.20 Å². The van der Waals surface area contributed by atoms with Crippen LogP contribution in [-0.2, 0) is 0 Å². The third kappa shape index (κ3) is 1.71. The molecule has 0 saturated heterocycles. The monoisotopic (exact) mass is 163 g/mol. The Morgan fingerprint density at radius 3 is 3.17 bits per heavy atom. The third-order valence-electron chi connectivity index (χ3n) is 1.48. The van der Waals surface area contributed by atoms with Crippen molar-refractivity contribution in [3.63, 3.8) is 0 Å². The Morgan fingerprint density at radius 1 is 1.92 bits per heavy atom. The second-order valence-corrected chi connectivity index (χ2v) is 2.31. The fourth-order valence-electron chi connectivity index (χ4n) is 0.829. The van der Waals surface area contributed by atoms with E-state index >= 15 is 0 Å². The second-order valence-electron chi connectivity index (χ2n) is 2.31. The highest BCUT2D eigenvalue weighted by atomic mass is 16.3. The van der Waals surface area contributed by atoms with Gasteiger partial charge in [-0.05, 0) is 0 Å². The van der Waals surface area contributed by atoms with Crippen LogP contribution in [0.15, 0.2) is 19.0 Å². The van der Waals surface area contributed by atoms with Crippen LogP contribution in [0.4, 0.5) is 0 Å². The minimum Gasteiger partial charge on any atom is -0.387 e. The van der Waals surface area contributed by atoms with Crippen LogP contribution in [0.1, 0.15) is 18.1 Å². The van der Waals surface area contributed by atoms with Gasteiger partial charge in [0.2, 0.25) is 0 Å². The first-order valence-corrected chi connectivity index (χ1v) is 3.49. The van der Waals surface area contributed by atoms with Crippen molar-refractivity contribution >= 4 is 6.20 Å². The molecule has 1 unspecified atom stereocenters. The number of aromatic nitrogens is 2. The summed E-state index contributed by atoms with van der Waals surface area (Å²) in [6.45, 7) is 3.50. The van der Waals surface area contributed by atoms with Gasteiger partial charge in [0.1, 0.15) is 0 Å². The molecule has 1 heterocycles. The average molecular weight is 163 g/mol. The quantitative estimate of drug-likeness (QED) is 0.721. The molecule has 1 atom stereocenters. The number of nitriles is 1. The molecule has 0 fully saturated rings. The van der Waals surface area contributed by atoms with E-state index in [2.05, 4.69) is 11.7 Å². The summed E-state index contributed by atoms with van der Waals surface area (Å²) < 4.78 is 1.48. The first-order chi connectivity index (χ1) is 5.77. The van der Waals surface area contributed by atoms with E-state index in [1.807, 2.05) is 6.07 Å². The second kappa shape index (κ2) is 3.69. The maximum atomic E-state index is 9.32. The van der Waals surface area contributed by atoms with Crippen molar-refractivity contribution in [2.24, 2.45) is 0 Å². The molecule has 0 spiro atoms. The van der Waals surface area contributed by atoms with Crippen LogP contribution >= 0.6 is 0 Å². The van der Waals surface area contributed by atoms with Gasteiger partial charge in [0, 0.05) is 18.0 Å². The number of hydrogen-bond donors (Lipinski definition) is 1. The number of nitrogens with zero attached hydrogens (tertiary/aromatic N) is 3. The van der Waals surface area contributed by atoms with Crippen molar-refractivity contribution < 1.29 is 5.11 Å².